The zero-order valence-electron chi connectivity index (χ0n) is 19.0. The number of nitrogens with two attached hydrogens (primary N) is 1. The van der Waals surface area contributed by atoms with Gasteiger partial charge in [0.1, 0.15) is 17.6 Å². The highest BCUT2D eigenvalue weighted by Crippen LogP contribution is 2.30. The lowest BCUT2D eigenvalue weighted by Gasteiger charge is -2.35. The van der Waals surface area contributed by atoms with E-state index in [2.05, 4.69) is 10.6 Å². The van der Waals surface area contributed by atoms with E-state index in [0.717, 1.165) is 5.56 Å². The molecule has 0 bridgehead atoms. The first kappa shape index (κ1) is 25.8. The normalized spacial score (nSPS) is 19.4. The Kier molecular flexibility index (Phi) is 8.95. The van der Waals surface area contributed by atoms with Crippen molar-refractivity contribution in [2.24, 2.45) is 5.73 Å². The van der Waals surface area contributed by atoms with Gasteiger partial charge in [-0.3, -0.25) is 19.2 Å². The first-order valence-electron chi connectivity index (χ1n) is 11.0. The molecular formula is C23H32N4O6. The van der Waals surface area contributed by atoms with Crippen LogP contribution in [0.1, 0.15) is 51.5 Å². The Morgan fingerprint density at radius 1 is 1.12 bits per heavy atom. The van der Waals surface area contributed by atoms with E-state index in [0.29, 0.717) is 19.4 Å². The van der Waals surface area contributed by atoms with Gasteiger partial charge in [0.2, 0.25) is 23.6 Å². The van der Waals surface area contributed by atoms with Gasteiger partial charge in [-0.2, -0.15) is 0 Å². The quantitative estimate of drug-likeness (QED) is 0.373. The average molecular weight is 461 g/mol. The lowest BCUT2D eigenvalue weighted by Crippen LogP contribution is -2.60. The van der Waals surface area contributed by atoms with E-state index >= 15 is 0 Å². The number of likely N-dealkylation sites (tertiary alicyclic amines) is 1. The fourth-order valence-electron chi connectivity index (χ4n) is 3.98. The van der Waals surface area contributed by atoms with Gasteiger partial charge in [0, 0.05) is 25.8 Å². The number of hydrogen-bond donors (Lipinski definition) is 4. The van der Waals surface area contributed by atoms with Gasteiger partial charge in [-0.05, 0) is 31.7 Å². The molecule has 3 atom stereocenters. The van der Waals surface area contributed by atoms with Crippen molar-refractivity contribution in [3.05, 3.63) is 35.9 Å². The zero-order valence-corrected chi connectivity index (χ0v) is 19.0. The number of aliphatic carboxylic acids is 1. The van der Waals surface area contributed by atoms with Crippen LogP contribution in [0, 0.1) is 0 Å². The van der Waals surface area contributed by atoms with Gasteiger partial charge in [-0.1, -0.05) is 37.3 Å². The number of carboxylic acids is 1. The van der Waals surface area contributed by atoms with Gasteiger partial charge in [-0.15, -0.1) is 0 Å². The van der Waals surface area contributed by atoms with Gasteiger partial charge in [-0.25, -0.2) is 4.79 Å². The largest absolute Gasteiger partial charge is 0.480 e. The molecule has 5 N–H and O–H groups in total. The Labute approximate surface area is 192 Å². The number of nitrogens with zero attached hydrogens (tertiary/aromatic N) is 1. The van der Waals surface area contributed by atoms with E-state index in [1.54, 1.807) is 38.1 Å². The third kappa shape index (κ3) is 6.77. The molecule has 33 heavy (non-hydrogen) atoms. The zero-order chi connectivity index (χ0) is 24.6. The molecule has 1 aromatic rings. The summed E-state index contributed by atoms with van der Waals surface area (Å²) in [6.45, 7) is 3.86. The van der Waals surface area contributed by atoms with Gasteiger partial charge in [0.05, 0.1) is 0 Å². The topological polar surface area (TPSA) is 159 Å². The summed E-state index contributed by atoms with van der Waals surface area (Å²) in [5.41, 5.74) is 4.77. The predicted molar refractivity (Wildman–Crippen MR) is 120 cm³/mol. The molecule has 1 fully saturated rings. The van der Waals surface area contributed by atoms with Crippen LogP contribution in [0.5, 0.6) is 0 Å². The molecule has 0 unspecified atom stereocenters. The van der Waals surface area contributed by atoms with Crippen LogP contribution in [0.25, 0.3) is 0 Å². The molecule has 180 valence electrons. The Bertz CT molecular complexity index is 890. The number of hydrogen-bond acceptors (Lipinski definition) is 5. The van der Waals surface area contributed by atoms with E-state index in [4.69, 9.17) is 5.73 Å². The van der Waals surface area contributed by atoms with Gasteiger partial charge in [0.15, 0.2) is 0 Å². The summed E-state index contributed by atoms with van der Waals surface area (Å²) in [5, 5.41) is 14.6. The number of nitrogens with one attached hydrogen (secondary N) is 2. The molecule has 10 heteroatoms. The first-order valence-corrected chi connectivity index (χ1v) is 11.0. The van der Waals surface area contributed by atoms with Crippen LogP contribution in [0.2, 0.25) is 0 Å². The maximum absolute atomic E-state index is 13.3. The summed E-state index contributed by atoms with van der Waals surface area (Å²) in [6, 6.07) is 6.57. The van der Waals surface area contributed by atoms with Gasteiger partial charge < -0.3 is 26.4 Å². The standard InChI is InChI=1S/C23H32N4O6/c1-3-19(29)27-13-7-12-23(27,2)22(33)26-17(14-15-8-5-4-6-9-15)20(30)25-16(21(31)32)10-11-18(24)28/h4-6,8-9,16-17H,3,7,10-14H2,1-2H3,(H2,24,28)(H,25,30)(H,26,33)(H,31,32)/t16-,17-,23-/m0/s1. The molecule has 1 aromatic carbocycles. The molecule has 10 nitrogen and oxygen atoms in total. The van der Waals surface area contributed by atoms with Crippen LogP contribution in [-0.2, 0) is 30.4 Å². The SMILES string of the molecule is CCC(=O)N1CCC[C@@]1(C)C(=O)N[C@@H](Cc1ccccc1)C(=O)N[C@@H](CCC(N)=O)C(=O)O. The third-order valence-electron chi connectivity index (χ3n) is 5.93. The Hall–Kier alpha value is -3.43. The molecule has 0 aliphatic carbocycles. The molecule has 1 aliphatic rings. The fraction of sp³-hybridized carbons (Fsp3) is 0.522. The van der Waals surface area contributed by atoms with E-state index in [-0.39, 0.29) is 31.6 Å². The summed E-state index contributed by atoms with van der Waals surface area (Å²) in [6.07, 6.45) is 1.13. The van der Waals surface area contributed by atoms with Gasteiger partial charge >= 0.3 is 5.97 Å². The second kappa shape index (κ2) is 11.4. The number of amides is 4. The highest BCUT2D eigenvalue weighted by molar-refractivity contribution is 5.96. The van der Waals surface area contributed by atoms with Crippen LogP contribution >= 0.6 is 0 Å². The summed E-state index contributed by atoms with van der Waals surface area (Å²) in [4.78, 5) is 62.8. The fourth-order valence-corrected chi connectivity index (χ4v) is 3.98. The Morgan fingerprint density at radius 3 is 2.36 bits per heavy atom. The minimum Gasteiger partial charge on any atom is -0.480 e. The van der Waals surface area contributed by atoms with E-state index in [1.165, 1.54) is 4.90 Å². The van der Waals surface area contributed by atoms with Crippen molar-refractivity contribution in [1.29, 1.82) is 0 Å². The van der Waals surface area contributed by atoms with Gasteiger partial charge in [0.25, 0.3) is 0 Å². The second-order valence-electron chi connectivity index (χ2n) is 8.40. The molecule has 1 saturated heterocycles. The van der Waals surface area contributed by atoms with Crippen molar-refractivity contribution in [3.63, 3.8) is 0 Å². The van der Waals surface area contributed by atoms with E-state index in [1.807, 2.05) is 6.07 Å². The van der Waals surface area contributed by atoms with Crippen molar-refractivity contribution in [2.45, 2.75) is 70.0 Å². The van der Waals surface area contributed by atoms with E-state index < -0.39 is 41.3 Å². The highest BCUT2D eigenvalue weighted by Gasteiger charge is 2.46. The Morgan fingerprint density at radius 2 is 1.79 bits per heavy atom. The average Bonchev–Trinajstić information content (AvgIpc) is 3.18. The first-order chi connectivity index (χ1) is 15.6. The predicted octanol–water partition coefficient (Wildman–Crippen LogP) is 0.340. The molecular weight excluding hydrogens is 428 g/mol. The molecule has 1 aliphatic heterocycles. The summed E-state index contributed by atoms with van der Waals surface area (Å²) in [5.74, 6) is -3.30. The summed E-state index contributed by atoms with van der Waals surface area (Å²) < 4.78 is 0. The monoisotopic (exact) mass is 460 g/mol. The van der Waals surface area contributed by atoms with Crippen molar-refractivity contribution in [3.8, 4) is 0 Å². The number of primary amides is 1. The number of carbonyl (C=O) groups excluding carboxylic acids is 4. The lowest BCUT2D eigenvalue weighted by atomic mass is 9.95. The number of rotatable bonds is 11. The van der Waals surface area contributed by atoms with Crippen molar-refractivity contribution >= 4 is 29.6 Å². The molecule has 2 rings (SSSR count). The molecule has 0 saturated carbocycles. The van der Waals surface area contributed by atoms with Crippen molar-refractivity contribution in [2.75, 3.05) is 6.54 Å². The molecule has 0 spiro atoms. The smallest absolute Gasteiger partial charge is 0.326 e. The number of benzene rings is 1. The minimum atomic E-state index is -1.33. The van der Waals surface area contributed by atoms with Crippen LogP contribution < -0.4 is 16.4 Å². The Balaban J connectivity index is 2.23. The van der Waals surface area contributed by atoms with Crippen molar-refractivity contribution in [1.82, 2.24) is 15.5 Å². The highest BCUT2D eigenvalue weighted by atomic mass is 16.4. The van der Waals surface area contributed by atoms with Crippen LogP contribution in [0.15, 0.2) is 30.3 Å². The van der Waals surface area contributed by atoms with Crippen LogP contribution in [-0.4, -0.2) is 63.8 Å². The van der Waals surface area contributed by atoms with Crippen LogP contribution in [0.4, 0.5) is 0 Å². The molecule has 4 amide bonds. The van der Waals surface area contributed by atoms with Crippen LogP contribution in [0.3, 0.4) is 0 Å². The minimum absolute atomic E-state index is 0.123. The number of carbonyl (C=O) groups is 5. The summed E-state index contributed by atoms with van der Waals surface area (Å²) in [7, 11) is 0. The molecule has 0 radical (unpaired) electrons. The third-order valence-corrected chi connectivity index (χ3v) is 5.93. The second-order valence-corrected chi connectivity index (χ2v) is 8.40. The maximum atomic E-state index is 13.3. The van der Waals surface area contributed by atoms with Crippen molar-refractivity contribution < 1.29 is 29.1 Å². The molecule has 1 heterocycles. The number of carboxylic acid groups (broad SMARTS) is 1. The summed E-state index contributed by atoms with van der Waals surface area (Å²) >= 11 is 0. The maximum Gasteiger partial charge on any atom is 0.326 e. The lowest BCUT2D eigenvalue weighted by molar-refractivity contribution is -0.145. The molecule has 0 aromatic heterocycles. The van der Waals surface area contributed by atoms with E-state index in [9.17, 15) is 29.1 Å².